The summed E-state index contributed by atoms with van der Waals surface area (Å²) in [5.74, 6) is 0. The van der Waals surface area contributed by atoms with E-state index in [-0.39, 0.29) is 6.42 Å². The maximum Gasteiger partial charge on any atom is 0.136 e. The molecule has 0 rings (SSSR count). The first-order valence-corrected chi connectivity index (χ1v) is 1.93. The van der Waals surface area contributed by atoms with Crippen molar-refractivity contribution in [3.63, 3.8) is 0 Å². The number of nitrogens with zero attached hydrogens (tertiary/aromatic N) is 1. The fourth-order valence-electron chi connectivity index (χ4n) is 0.164. The molecule has 0 unspecified atom stereocenters. The van der Waals surface area contributed by atoms with Crippen molar-refractivity contribution in [1.82, 2.24) is 0 Å². The zero-order valence-corrected chi connectivity index (χ0v) is 3.76. The van der Waals surface area contributed by atoms with Crippen molar-refractivity contribution in [3.05, 3.63) is 0 Å². The van der Waals surface area contributed by atoms with E-state index in [1.165, 1.54) is 0 Å². The summed E-state index contributed by atoms with van der Waals surface area (Å²) in [6, 6.07) is 1.58. The first-order chi connectivity index (χ1) is 3.31. The number of aliphatic hydroxyl groups is 1. The highest BCUT2D eigenvalue weighted by molar-refractivity contribution is 4.74. The van der Waals surface area contributed by atoms with Crippen LogP contribution in [-0.2, 0) is 0 Å². The summed E-state index contributed by atoms with van der Waals surface area (Å²) in [4.78, 5) is 0. The van der Waals surface area contributed by atoms with Gasteiger partial charge in [-0.25, -0.2) is 4.39 Å². The van der Waals surface area contributed by atoms with Crippen LogP contribution in [0.4, 0.5) is 4.39 Å². The third-order valence-electron chi connectivity index (χ3n) is 0.511. The van der Waals surface area contributed by atoms with Gasteiger partial charge in [-0.15, -0.1) is 0 Å². The Morgan fingerprint density at radius 2 is 2.43 bits per heavy atom. The summed E-state index contributed by atoms with van der Waals surface area (Å²) in [6.07, 6.45) is -1.57. The Labute approximate surface area is 41.2 Å². The summed E-state index contributed by atoms with van der Waals surface area (Å²) >= 11 is 0. The van der Waals surface area contributed by atoms with Crippen LogP contribution in [0, 0.1) is 11.3 Å². The quantitative estimate of drug-likeness (QED) is 0.543. The van der Waals surface area contributed by atoms with Gasteiger partial charge in [-0.3, -0.25) is 0 Å². The van der Waals surface area contributed by atoms with Crippen molar-refractivity contribution in [3.8, 4) is 6.07 Å². The molecule has 7 heavy (non-hydrogen) atoms. The lowest BCUT2D eigenvalue weighted by Crippen LogP contribution is -2.03. The number of alkyl halides is 1. The Hall–Kier alpha value is -0.620. The predicted octanol–water partition coefficient (Wildman–Crippen LogP) is 0.230. The van der Waals surface area contributed by atoms with Crippen molar-refractivity contribution in [2.24, 2.45) is 0 Å². The molecule has 0 saturated carbocycles. The van der Waals surface area contributed by atoms with E-state index >= 15 is 0 Å². The minimum Gasteiger partial charge on any atom is -0.393 e. The molecule has 2 nitrogen and oxygen atoms in total. The molecule has 0 aromatic rings. The molecule has 0 aromatic carbocycles. The predicted molar refractivity (Wildman–Crippen MR) is 22.2 cm³/mol. The van der Waals surface area contributed by atoms with Gasteiger partial charge in [0.1, 0.15) is 6.17 Å². The Morgan fingerprint density at radius 3 is 2.57 bits per heavy atom. The highest BCUT2D eigenvalue weighted by atomic mass is 19.1. The maximum atomic E-state index is 11.7. The summed E-state index contributed by atoms with van der Waals surface area (Å²) in [6.45, 7) is -0.548. The van der Waals surface area contributed by atoms with Crippen molar-refractivity contribution >= 4 is 0 Å². The minimum atomic E-state index is -1.36. The van der Waals surface area contributed by atoms with Gasteiger partial charge in [0, 0.05) is 0 Å². The molecule has 0 bridgehead atoms. The van der Waals surface area contributed by atoms with Crippen LogP contribution in [0.5, 0.6) is 0 Å². The number of rotatable bonds is 2. The molecular formula is C4H6FNO. The first-order valence-electron chi connectivity index (χ1n) is 1.93. The molecule has 3 heteroatoms. The van der Waals surface area contributed by atoms with E-state index in [1.807, 2.05) is 0 Å². The SMILES string of the molecule is N#CC[C@H](F)CO. The van der Waals surface area contributed by atoms with Gasteiger partial charge in [0.05, 0.1) is 19.1 Å². The molecule has 40 valence electrons. The Balaban J connectivity index is 3.03. The van der Waals surface area contributed by atoms with E-state index in [9.17, 15) is 4.39 Å². The van der Waals surface area contributed by atoms with Gasteiger partial charge >= 0.3 is 0 Å². The second kappa shape index (κ2) is 3.57. The lowest BCUT2D eigenvalue weighted by Gasteiger charge is -1.91. The smallest absolute Gasteiger partial charge is 0.136 e. The standard InChI is InChI=1S/C4H6FNO/c5-4(3-7)1-2-6/h4,7H,1,3H2/t4-/m0/s1. The fourth-order valence-corrected chi connectivity index (χ4v) is 0.164. The lowest BCUT2D eigenvalue weighted by atomic mass is 10.3. The van der Waals surface area contributed by atoms with E-state index in [1.54, 1.807) is 6.07 Å². The Morgan fingerprint density at radius 1 is 1.86 bits per heavy atom. The zero-order valence-electron chi connectivity index (χ0n) is 3.76. The molecule has 0 amide bonds. The first kappa shape index (κ1) is 6.38. The largest absolute Gasteiger partial charge is 0.393 e. The van der Waals surface area contributed by atoms with Crippen LogP contribution in [0.25, 0.3) is 0 Å². The minimum absolute atomic E-state index is 0.212. The van der Waals surface area contributed by atoms with Crippen LogP contribution in [0.15, 0.2) is 0 Å². The molecule has 0 spiro atoms. The van der Waals surface area contributed by atoms with Crippen LogP contribution in [0.3, 0.4) is 0 Å². The van der Waals surface area contributed by atoms with Gasteiger partial charge in [-0.2, -0.15) is 5.26 Å². The number of nitriles is 1. The zero-order chi connectivity index (χ0) is 5.70. The molecule has 1 atom stereocenters. The normalized spacial score (nSPS) is 12.7. The van der Waals surface area contributed by atoms with Crippen molar-refractivity contribution in [2.75, 3.05) is 6.61 Å². The van der Waals surface area contributed by atoms with Gasteiger partial charge in [0.15, 0.2) is 0 Å². The molecule has 0 aliphatic carbocycles. The second-order valence-electron chi connectivity index (χ2n) is 1.14. The van der Waals surface area contributed by atoms with E-state index < -0.39 is 12.8 Å². The number of hydrogen-bond acceptors (Lipinski definition) is 2. The number of hydrogen-bond donors (Lipinski definition) is 1. The number of aliphatic hydroxyl groups excluding tert-OH is 1. The summed E-state index contributed by atoms with van der Waals surface area (Å²) in [5.41, 5.74) is 0. The molecule has 0 radical (unpaired) electrons. The van der Waals surface area contributed by atoms with Crippen LogP contribution < -0.4 is 0 Å². The van der Waals surface area contributed by atoms with Gasteiger partial charge in [0.25, 0.3) is 0 Å². The van der Waals surface area contributed by atoms with E-state index in [0.717, 1.165) is 0 Å². The lowest BCUT2D eigenvalue weighted by molar-refractivity contribution is 0.181. The monoisotopic (exact) mass is 103 g/mol. The molecule has 0 fully saturated rings. The average molecular weight is 103 g/mol. The van der Waals surface area contributed by atoms with Crippen molar-refractivity contribution < 1.29 is 9.50 Å². The molecule has 0 heterocycles. The van der Waals surface area contributed by atoms with E-state index in [0.29, 0.717) is 0 Å². The van der Waals surface area contributed by atoms with Crippen LogP contribution in [0.1, 0.15) is 6.42 Å². The fraction of sp³-hybridized carbons (Fsp3) is 0.750. The van der Waals surface area contributed by atoms with Gasteiger partial charge in [-0.05, 0) is 0 Å². The maximum absolute atomic E-state index is 11.7. The third kappa shape index (κ3) is 3.20. The molecule has 1 N–H and O–H groups in total. The number of halogens is 1. The summed E-state index contributed by atoms with van der Waals surface area (Å²) < 4.78 is 11.7. The topological polar surface area (TPSA) is 44.0 Å². The summed E-state index contributed by atoms with van der Waals surface area (Å²) in [5, 5.41) is 15.7. The van der Waals surface area contributed by atoms with E-state index in [2.05, 4.69) is 0 Å². The van der Waals surface area contributed by atoms with Crippen molar-refractivity contribution in [1.29, 1.82) is 5.26 Å². The van der Waals surface area contributed by atoms with Crippen LogP contribution in [-0.4, -0.2) is 17.9 Å². The van der Waals surface area contributed by atoms with Crippen LogP contribution in [0.2, 0.25) is 0 Å². The molecule has 0 aliphatic rings. The van der Waals surface area contributed by atoms with Crippen LogP contribution >= 0.6 is 0 Å². The third-order valence-corrected chi connectivity index (χ3v) is 0.511. The van der Waals surface area contributed by atoms with Gasteiger partial charge in [-0.1, -0.05) is 0 Å². The molecule has 0 aliphatic heterocycles. The highest BCUT2D eigenvalue weighted by Crippen LogP contribution is 1.91. The second-order valence-corrected chi connectivity index (χ2v) is 1.14. The molecule has 0 aromatic heterocycles. The highest BCUT2D eigenvalue weighted by Gasteiger charge is 1.99. The average Bonchev–Trinajstić information content (AvgIpc) is 1.68. The Kier molecular flexibility index (Phi) is 3.25. The van der Waals surface area contributed by atoms with Gasteiger partial charge < -0.3 is 5.11 Å². The Bertz CT molecular complexity index is 78.2. The van der Waals surface area contributed by atoms with Gasteiger partial charge in [0.2, 0.25) is 0 Å². The summed E-state index contributed by atoms with van der Waals surface area (Å²) in [7, 11) is 0. The molecular weight excluding hydrogens is 97.0 g/mol. The van der Waals surface area contributed by atoms with E-state index in [4.69, 9.17) is 10.4 Å². The van der Waals surface area contributed by atoms with Crippen molar-refractivity contribution in [2.45, 2.75) is 12.6 Å². The molecule has 0 saturated heterocycles.